The van der Waals surface area contributed by atoms with Crippen molar-refractivity contribution in [1.29, 1.82) is 0 Å². The van der Waals surface area contributed by atoms with Gasteiger partial charge in [0.25, 0.3) is 0 Å². The molecule has 108 valence electrons. The van der Waals surface area contributed by atoms with Crippen LogP contribution >= 0.6 is 0 Å². The van der Waals surface area contributed by atoms with Crippen molar-refractivity contribution in [3.63, 3.8) is 0 Å². The van der Waals surface area contributed by atoms with Crippen LogP contribution in [0.4, 0.5) is 4.39 Å². The molecule has 1 unspecified atom stereocenters. The summed E-state index contributed by atoms with van der Waals surface area (Å²) in [5, 5.41) is 0. The monoisotopic (exact) mass is 268 g/mol. The first kappa shape index (κ1) is 15.9. The van der Waals surface area contributed by atoms with Crippen LogP contribution in [0.5, 0.6) is 5.75 Å². The van der Waals surface area contributed by atoms with Crippen molar-refractivity contribution < 1.29 is 9.13 Å². The van der Waals surface area contributed by atoms with Gasteiger partial charge >= 0.3 is 0 Å². The lowest BCUT2D eigenvalue weighted by atomic mass is 9.95. The summed E-state index contributed by atoms with van der Waals surface area (Å²) in [6.07, 6.45) is 0.968. The summed E-state index contributed by atoms with van der Waals surface area (Å²) in [6.45, 7) is 8.55. The molecule has 4 heteroatoms. The average molecular weight is 268 g/mol. The van der Waals surface area contributed by atoms with Crippen molar-refractivity contribution in [2.24, 2.45) is 5.73 Å². The molecule has 1 aromatic rings. The number of likely N-dealkylation sites (N-methyl/N-ethyl adjacent to an activating group) is 1. The maximum atomic E-state index is 13.7. The molecular formula is C15H25FN2O. The first-order valence-electron chi connectivity index (χ1n) is 6.78. The molecule has 19 heavy (non-hydrogen) atoms. The Morgan fingerprint density at radius 1 is 1.37 bits per heavy atom. The Labute approximate surface area is 115 Å². The predicted molar refractivity (Wildman–Crippen MR) is 76.8 cm³/mol. The molecular weight excluding hydrogens is 243 g/mol. The average Bonchev–Trinajstić information content (AvgIpc) is 2.44. The fourth-order valence-electron chi connectivity index (χ4n) is 2.21. The van der Waals surface area contributed by atoms with Gasteiger partial charge < -0.3 is 10.5 Å². The highest BCUT2D eigenvalue weighted by atomic mass is 19.1. The zero-order chi connectivity index (χ0) is 14.5. The summed E-state index contributed by atoms with van der Waals surface area (Å²) in [5.74, 6) is -0.0362. The van der Waals surface area contributed by atoms with E-state index >= 15 is 0 Å². The first-order chi connectivity index (χ1) is 9.00. The SMILES string of the molecule is CCN(Cc1ccc(OC)c(F)c1)C(C)(CC)CN. The van der Waals surface area contributed by atoms with Gasteiger partial charge in [0.1, 0.15) is 0 Å². The molecule has 0 saturated carbocycles. The summed E-state index contributed by atoms with van der Waals surface area (Å²) in [6, 6.07) is 5.11. The van der Waals surface area contributed by atoms with E-state index in [0.717, 1.165) is 18.5 Å². The third kappa shape index (κ3) is 3.67. The van der Waals surface area contributed by atoms with E-state index in [9.17, 15) is 4.39 Å². The van der Waals surface area contributed by atoms with Crippen LogP contribution in [-0.2, 0) is 6.54 Å². The Morgan fingerprint density at radius 3 is 2.47 bits per heavy atom. The number of hydrogen-bond acceptors (Lipinski definition) is 3. The lowest BCUT2D eigenvalue weighted by Gasteiger charge is -2.39. The van der Waals surface area contributed by atoms with E-state index < -0.39 is 0 Å². The number of hydrogen-bond donors (Lipinski definition) is 1. The van der Waals surface area contributed by atoms with Gasteiger partial charge in [0.05, 0.1) is 7.11 Å². The van der Waals surface area contributed by atoms with E-state index in [0.29, 0.717) is 13.1 Å². The van der Waals surface area contributed by atoms with Crippen molar-refractivity contribution in [3.8, 4) is 5.75 Å². The van der Waals surface area contributed by atoms with Crippen molar-refractivity contribution in [3.05, 3.63) is 29.6 Å². The van der Waals surface area contributed by atoms with Crippen LogP contribution in [0.15, 0.2) is 18.2 Å². The minimum Gasteiger partial charge on any atom is -0.494 e. The number of halogens is 1. The van der Waals surface area contributed by atoms with Gasteiger partial charge in [-0.25, -0.2) is 4.39 Å². The van der Waals surface area contributed by atoms with Gasteiger partial charge in [-0.2, -0.15) is 0 Å². The van der Waals surface area contributed by atoms with Crippen molar-refractivity contribution in [1.82, 2.24) is 4.90 Å². The molecule has 0 radical (unpaired) electrons. The minimum absolute atomic E-state index is 0.0504. The topological polar surface area (TPSA) is 38.5 Å². The zero-order valence-corrected chi connectivity index (χ0v) is 12.4. The highest BCUT2D eigenvalue weighted by Gasteiger charge is 2.27. The maximum absolute atomic E-state index is 13.7. The number of benzene rings is 1. The molecule has 1 rings (SSSR count). The molecule has 0 spiro atoms. The Kier molecular flexibility index (Phi) is 5.76. The summed E-state index contributed by atoms with van der Waals surface area (Å²) in [7, 11) is 1.47. The smallest absolute Gasteiger partial charge is 0.165 e. The highest BCUT2D eigenvalue weighted by Crippen LogP contribution is 2.23. The molecule has 3 nitrogen and oxygen atoms in total. The lowest BCUT2D eigenvalue weighted by Crippen LogP contribution is -2.50. The second kappa shape index (κ2) is 6.87. The van der Waals surface area contributed by atoms with E-state index in [2.05, 4.69) is 25.7 Å². The Hall–Kier alpha value is -1.13. The number of ether oxygens (including phenoxy) is 1. The summed E-state index contributed by atoms with van der Waals surface area (Å²) in [5.41, 5.74) is 6.78. The van der Waals surface area contributed by atoms with E-state index in [-0.39, 0.29) is 17.1 Å². The van der Waals surface area contributed by atoms with Crippen LogP contribution in [0, 0.1) is 5.82 Å². The second-order valence-corrected chi connectivity index (χ2v) is 5.04. The standard InChI is InChI=1S/C15H25FN2O/c1-5-15(3,11-17)18(6-2)10-12-7-8-14(19-4)13(16)9-12/h7-9H,5-6,10-11,17H2,1-4H3. The van der Waals surface area contributed by atoms with Crippen LogP contribution < -0.4 is 10.5 Å². The van der Waals surface area contributed by atoms with Gasteiger partial charge in [-0.15, -0.1) is 0 Å². The van der Waals surface area contributed by atoms with Crippen molar-refractivity contribution >= 4 is 0 Å². The third-order valence-electron chi connectivity index (χ3n) is 3.94. The fourth-order valence-corrected chi connectivity index (χ4v) is 2.21. The molecule has 0 aliphatic carbocycles. The van der Waals surface area contributed by atoms with E-state index in [1.807, 2.05) is 6.07 Å². The normalized spacial score (nSPS) is 14.5. The van der Waals surface area contributed by atoms with Crippen LogP contribution in [-0.4, -0.2) is 30.6 Å². The van der Waals surface area contributed by atoms with Crippen molar-refractivity contribution in [2.75, 3.05) is 20.2 Å². The molecule has 1 atom stereocenters. The summed E-state index contributed by atoms with van der Waals surface area (Å²) in [4.78, 5) is 2.29. The maximum Gasteiger partial charge on any atom is 0.165 e. The molecule has 0 fully saturated rings. The van der Waals surface area contributed by atoms with Gasteiger partial charge in [-0.1, -0.05) is 19.9 Å². The summed E-state index contributed by atoms with van der Waals surface area (Å²) >= 11 is 0. The molecule has 0 aromatic heterocycles. The highest BCUT2D eigenvalue weighted by molar-refractivity contribution is 5.29. The first-order valence-corrected chi connectivity index (χ1v) is 6.78. The predicted octanol–water partition coefficient (Wildman–Crippen LogP) is 2.78. The molecule has 0 amide bonds. The van der Waals surface area contributed by atoms with Gasteiger partial charge in [0.15, 0.2) is 11.6 Å². The van der Waals surface area contributed by atoms with Gasteiger partial charge in [0.2, 0.25) is 0 Å². The molecule has 0 heterocycles. The molecule has 0 bridgehead atoms. The van der Waals surface area contributed by atoms with Gasteiger partial charge in [-0.3, -0.25) is 4.90 Å². The van der Waals surface area contributed by atoms with Crippen LogP contribution in [0.3, 0.4) is 0 Å². The van der Waals surface area contributed by atoms with Crippen LogP contribution in [0.25, 0.3) is 0 Å². The lowest BCUT2D eigenvalue weighted by molar-refractivity contribution is 0.104. The Bertz CT molecular complexity index is 405. The number of methoxy groups -OCH3 is 1. The van der Waals surface area contributed by atoms with E-state index in [1.165, 1.54) is 13.2 Å². The van der Waals surface area contributed by atoms with E-state index in [1.54, 1.807) is 6.07 Å². The van der Waals surface area contributed by atoms with E-state index in [4.69, 9.17) is 10.5 Å². The van der Waals surface area contributed by atoms with Crippen LogP contribution in [0.1, 0.15) is 32.8 Å². The fraction of sp³-hybridized carbons (Fsp3) is 0.600. The van der Waals surface area contributed by atoms with Gasteiger partial charge in [-0.05, 0) is 37.6 Å². The van der Waals surface area contributed by atoms with Gasteiger partial charge in [0, 0.05) is 18.6 Å². The summed E-state index contributed by atoms with van der Waals surface area (Å²) < 4.78 is 18.6. The minimum atomic E-state index is -0.318. The molecule has 0 aliphatic heterocycles. The third-order valence-corrected chi connectivity index (χ3v) is 3.94. The molecule has 0 aliphatic rings. The second-order valence-electron chi connectivity index (χ2n) is 5.04. The Balaban J connectivity index is 2.90. The number of nitrogens with zero attached hydrogens (tertiary/aromatic N) is 1. The zero-order valence-electron chi connectivity index (χ0n) is 12.4. The quantitative estimate of drug-likeness (QED) is 0.826. The Morgan fingerprint density at radius 2 is 2.05 bits per heavy atom. The number of nitrogens with two attached hydrogens (primary N) is 1. The molecule has 0 saturated heterocycles. The van der Waals surface area contributed by atoms with Crippen LogP contribution in [0.2, 0.25) is 0 Å². The molecule has 1 aromatic carbocycles. The number of rotatable bonds is 7. The largest absolute Gasteiger partial charge is 0.494 e. The molecule has 2 N–H and O–H groups in total. The van der Waals surface area contributed by atoms with Crippen molar-refractivity contribution in [2.45, 2.75) is 39.3 Å².